The molecule has 0 saturated carbocycles. The van der Waals surface area contributed by atoms with Crippen molar-refractivity contribution >= 4 is 16.5 Å². The van der Waals surface area contributed by atoms with Crippen LogP contribution in [0.5, 0.6) is 0 Å². The molecule has 10 nitrogen and oxygen atoms in total. The van der Waals surface area contributed by atoms with Gasteiger partial charge in [-0.1, -0.05) is 33.4 Å². The molecule has 0 radical (unpaired) electrons. The summed E-state index contributed by atoms with van der Waals surface area (Å²) in [5.74, 6) is 0. The standard InChI is InChI=1S/4C5H5N.2HO3P/c4*1-2-4-6-5-3-1;2*1-4(2)3/h4*1-5H;2*(H,1,2,3)/p+2. The summed E-state index contributed by atoms with van der Waals surface area (Å²) in [6.45, 7) is 0. The normalized spacial score (nSPS) is 7.62. The second kappa shape index (κ2) is 27.6. The molecule has 0 unspecified atom stereocenters. The molecule has 0 spiro atoms. The van der Waals surface area contributed by atoms with Crippen LogP contribution < -0.4 is 39.5 Å². The van der Waals surface area contributed by atoms with Gasteiger partial charge in [0.15, 0.2) is 49.6 Å². The molecule has 0 atom stereocenters. The topological polar surface area (TPSA) is 183 Å². The molecule has 0 aliphatic rings. The largest absolute Gasteiger partial charge is 0.598 e. The molecule has 0 aliphatic heterocycles. The van der Waals surface area contributed by atoms with Crippen molar-refractivity contribution in [2.45, 2.75) is 0 Å². The van der Waals surface area contributed by atoms with E-state index >= 15 is 0 Å². The molecule has 4 aromatic heterocycles. The fourth-order valence-electron chi connectivity index (χ4n) is 1.37. The fraction of sp³-hybridized carbons (Fsp3) is 0. The van der Waals surface area contributed by atoms with E-state index in [0.29, 0.717) is 0 Å². The Morgan fingerprint density at radius 2 is 0.469 bits per heavy atom. The molecule has 32 heavy (non-hydrogen) atoms. The first kappa shape index (κ1) is 30.8. The number of nitrogens with one attached hydrogen (secondary N) is 4. The SMILES string of the molecule is O=[P+]([O-])[O-].O=[P+]([O-])[O-].c1cc[nH+]cc1.c1cc[nH+]cc1.c1cc[nH+]cc1.c1cc[nH+]cc1. The Bertz CT molecular complexity index is 615. The van der Waals surface area contributed by atoms with Gasteiger partial charge in [-0.05, 0) is 0 Å². The van der Waals surface area contributed by atoms with Crippen molar-refractivity contribution in [2.75, 3.05) is 0 Å². The Hall–Kier alpha value is -3.36. The molecule has 0 aromatic carbocycles. The molecule has 0 fully saturated rings. The molecule has 4 aromatic rings. The van der Waals surface area contributed by atoms with Crippen LogP contribution in [0.25, 0.3) is 0 Å². The number of hydrogen-bond donors (Lipinski definition) is 0. The van der Waals surface area contributed by atoms with Crippen LogP contribution in [0.4, 0.5) is 0 Å². The summed E-state index contributed by atoms with van der Waals surface area (Å²) in [5.41, 5.74) is 0. The highest BCUT2D eigenvalue weighted by atomic mass is 31.1. The van der Waals surface area contributed by atoms with E-state index < -0.39 is 16.5 Å². The molecule has 168 valence electrons. The van der Waals surface area contributed by atoms with Crippen LogP contribution in [0, 0.1) is 0 Å². The van der Waals surface area contributed by atoms with E-state index in [0.717, 1.165) is 0 Å². The molecule has 0 bridgehead atoms. The number of rotatable bonds is 0. The van der Waals surface area contributed by atoms with Gasteiger partial charge in [0, 0.05) is 48.5 Å². The van der Waals surface area contributed by atoms with Crippen molar-refractivity contribution < 1.29 is 48.6 Å². The molecular formula is C20H24N4O6P2+2. The Morgan fingerprint density at radius 1 is 0.344 bits per heavy atom. The highest BCUT2D eigenvalue weighted by molar-refractivity contribution is 7.27. The van der Waals surface area contributed by atoms with Crippen molar-refractivity contribution in [3.63, 3.8) is 0 Å². The molecule has 12 heteroatoms. The average Bonchev–Trinajstić information content (AvgIpc) is 2.84. The van der Waals surface area contributed by atoms with E-state index in [-0.39, 0.29) is 0 Å². The van der Waals surface area contributed by atoms with Crippen LogP contribution in [-0.4, -0.2) is 0 Å². The Labute approximate surface area is 187 Å². The van der Waals surface area contributed by atoms with Crippen molar-refractivity contribution in [3.05, 3.63) is 122 Å². The quantitative estimate of drug-likeness (QED) is 0.284. The van der Waals surface area contributed by atoms with Crippen LogP contribution in [0.15, 0.2) is 122 Å². The van der Waals surface area contributed by atoms with Gasteiger partial charge in [0.2, 0.25) is 0 Å². The average molecular weight is 478 g/mol. The van der Waals surface area contributed by atoms with Gasteiger partial charge in [-0.2, -0.15) is 0 Å². The van der Waals surface area contributed by atoms with Gasteiger partial charge >= 0.3 is 0 Å². The van der Waals surface area contributed by atoms with Gasteiger partial charge in [-0.25, -0.2) is 19.9 Å². The summed E-state index contributed by atoms with van der Waals surface area (Å²) in [7, 11) is -6.74. The lowest BCUT2D eigenvalue weighted by molar-refractivity contribution is -0.378. The van der Waals surface area contributed by atoms with Gasteiger partial charge < -0.3 is 19.6 Å². The zero-order valence-corrected chi connectivity index (χ0v) is 18.7. The number of hydrogen-bond acceptors (Lipinski definition) is 6. The maximum absolute atomic E-state index is 8.48. The maximum Gasteiger partial charge on any atom is 0.276 e. The van der Waals surface area contributed by atoms with E-state index in [1.165, 1.54) is 0 Å². The minimum atomic E-state index is -3.37. The van der Waals surface area contributed by atoms with Crippen LogP contribution in [0.1, 0.15) is 0 Å². The third-order valence-electron chi connectivity index (χ3n) is 2.43. The first-order chi connectivity index (χ1) is 15.5. The lowest BCUT2D eigenvalue weighted by Gasteiger charge is -1.75. The summed E-state index contributed by atoms with van der Waals surface area (Å²) in [6, 6.07) is 23.4. The predicted octanol–water partition coefficient (Wildman–Crippen LogP) is -1.27. The lowest BCUT2D eigenvalue weighted by atomic mass is 10.5. The number of H-pyrrole nitrogens is 4. The lowest BCUT2D eigenvalue weighted by Crippen LogP contribution is -1.97. The van der Waals surface area contributed by atoms with E-state index in [1.54, 1.807) is 0 Å². The molecule has 4 rings (SSSR count). The zero-order valence-electron chi connectivity index (χ0n) is 16.9. The van der Waals surface area contributed by atoms with Crippen molar-refractivity contribution in [1.29, 1.82) is 0 Å². The summed E-state index contributed by atoms with van der Waals surface area (Å²) >= 11 is 0. The van der Waals surface area contributed by atoms with E-state index in [1.807, 2.05) is 122 Å². The number of pyridine rings is 4. The van der Waals surface area contributed by atoms with E-state index in [9.17, 15) is 0 Å². The first-order valence-electron chi connectivity index (χ1n) is 8.74. The molecule has 0 saturated heterocycles. The Morgan fingerprint density at radius 3 is 0.500 bits per heavy atom. The summed E-state index contributed by atoms with van der Waals surface area (Å²) in [6.07, 6.45) is 15.0. The highest BCUT2D eigenvalue weighted by Crippen LogP contribution is 1.80. The van der Waals surface area contributed by atoms with Gasteiger partial charge in [-0.15, -0.1) is 0 Å². The monoisotopic (exact) mass is 478 g/mol. The van der Waals surface area contributed by atoms with Crippen LogP contribution in [-0.2, 0) is 9.13 Å². The van der Waals surface area contributed by atoms with Gasteiger partial charge in [0.05, 0.1) is 0 Å². The number of aromatic amines is 4. The van der Waals surface area contributed by atoms with Gasteiger partial charge in [0.25, 0.3) is 16.5 Å². The highest BCUT2D eigenvalue weighted by Gasteiger charge is 1.67. The maximum atomic E-state index is 8.48. The minimum absolute atomic E-state index is 1.88. The summed E-state index contributed by atoms with van der Waals surface area (Å²) in [4.78, 5) is 45.5. The molecule has 4 N–H and O–H groups in total. The Kier molecular flexibility index (Phi) is 26.6. The van der Waals surface area contributed by atoms with Crippen LogP contribution >= 0.6 is 16.5 Å². The fourth-order valence-corrected chi connectivity index (χ4v) is 1.37. The summed E-state index contributed by atoms with van der Waals surface area (Å²) < 4.78 is 17.0. The van der Waals surface area contributed by atoms with Crippen molar-refractivity contribution in [2.24, 2.45) is 0 Å². The molecule has 0 aliphatic carbocycles. The van der Waals surface area contributed by atoms with Crippen LogP contribution in [0.2, 0.25) is 0 Å². The van der Waals surface area contributed by atoms with Gasteiger partial charge in [0.1, 0.15) is 0 Å². The van der Waals surface area contributed by atoms with Crippen molar-refractivity contribution in [3.8, 4) is 0 Å². The zero-order chi connectivity index (χ0) is 24.1. The smallest absolute Gasteiger partial charge is 0.276 e. The molecule has 0 amide bonds. The second-order valence-electron chi connectivity index (χ2n) is 4.76. The first-order valence-corrected chi connectivity index (χ1v) is 10.9. The number of aromatic nitrogens is 4. The molecular weight excluding hydrogens is 454 g/mol. The third-order valence-corrected chi connectivity index (χ3v) is 2.43. The molecule has 4 heterocycles. The Balaban J connectivity index is 0. The third kappa shape index (κ3) is 41.1. The van der Waals surface area contributed by atoms with Crippen molar-refractivity contribution in [1.82, 2.24) is 0 Å². The second-order valence-corrected chi connectivity index (χ2v) is 5.65. The van der Waals surface area contributed by atoms with E-state index in [4.69, 9.17) is 28.7 Å². The minimum Gasteiger partial charge on any atom is -0.598 e. The van der Waals surface area contributed by atoms with E-state index in [2.05, 4.69) is 19.9 Å². The summed E-state index contributed by atoms with van der Waals surface area (Å²) in [5, 5.41) is 0. The van der Waals surface area contributed by atoms with Gasteiger partial charge in [-0.3, -0.25) is 0 Å². The van der Waals surface area contributed by atoms with Crippen LogP contribution in [0.3, 0.4) is 0 Å². The predicted molar refractivity (Wildman–Crippen MR) is 107 cm³/mol.